The van der Waals surface area contributed by atoms with Crippen molar-refractivity contribution in [3.63, 3.8) is 0 Å². The number of halogens is 1. The van der Waals surface area contributed by atoms with Gasteiger partial charge in [0.15, 0.2) is 0 Å². The SMILES string of the molecule is CC1(O)CCCN(Cc2cc(F)cc(C#CCN)c2)C1. The lowest BCUT2D eigenvalue weighted by molar-refractivity contribution is -0.0181. The fraction of sp³-hybridized carbons (Fsp3) is 0.500. The smallest absolute Gasteiger partial charge is 0.124 e. The second-order valence-corrected chi connectivity index (χ2v) is 5.67. The zero-order valence-corrected chi connectivity index (χ0v) is 11.8. The van der Waals surface area contributed by atoms with Crippen molar-refractivity contribution < 1.29 is 9.50 Å². The minimum atomic E-state index is -0.645. The third kappa shape index (κ3) is 4.31. The van der Waals surface area contributed by atoms with Gasteiger partial charge in [-0.1, -0.05) is 11.8 Å². The van der Waals surface area contributed by atoms with Gasteiger partial charge in [0, 0.05) is 18.7 Å². The lowest BCUT2D eigenvalue weighted by Crippen LogP contribution is -2.45. The minimum Gasteiger partial charge on any atom is -0.389 e. The standard InChI is InChI=1S/C16H21FN2O/c1-16(20)5-3-7-19(12-16)11-14-8-13(4-2-6-18)9-15(17)10-14/h8-10,20H,3,5-7,11-12,18H2,1H3. The van der Waals surface area contributed by atoms with E-state index in [2.05, 4.69) is 16.7 Å². The zero-order valence-electron chi connectivity index (χ0n) is 11.8. The number of likely N-dealkylation sites (tertiary alicyclic amines) is 1. The summed E-state index contributed by atoms with van der Waals surface area (Å²) in [6.07, 6.45) is 1.78. The zero-order chi connectivity index (χ0) is 14.6. The van der Waals surface area contributed by atoms with Crippen LogP contribution in [0.2, 0.25) is 0 Å². The fourth-order valence-corrected chi connectivity index (χ4v) is 2.68. The lowest BCUT2D eigenvalue weighted by Gasteiger charge is -2.36. The molecule has 20 heavy (non-hydrogen) atoms. The molecule has 2 rings (SSSR count). The summed E-state index contributed by atoms with van der Waals surface area (Å²) < 4.78 is 13.6. The minimum absolute atomic E-state index is 0.265. The molecule has 1 aliphatic rings. The van der Waals surface area contributed by atoms with E-state index in [9.17, 15) is 9.50 Å². The van der Waals surface area contributed by atoms with Crippen molar-refractivity contribution >= 4 is 0 Å². The van der Waals surface area contributed by atoms with Crippen molar-refractivity contribution in [1.29, 1.82) is 0 Å². The highest BCUT2D eigenvalue weighted by Gasteiger charge is 2.28. The van der Waals surface area contributed by atoms with Crippen LogP contribution in [0, 0.1) is 17.7 Å². The van der Waals surface area contributed by atoms with E-state index in [1.807, 2.05) is 13.0 Å². The third-order valence-corrected chi connectivity index (χ3v) is 3.45. The van der Waals surface area contributed by atoms with Crippen molar-refractivity contribution in [3.8, 4) is 11.8 Å². The Morgan fingerprint density at radius 2 is 2.25 bits per heavy atom. The highest BCUT2D eigenvalue weighted by atomic mass is 19.1. The quantitative estimate of drug-likeness (QED) is 0.805. The Bertz CT molecular complexity index is 531. The van der Waals surface area contributed by atoms with Crippen LogP contribution in [-0.4, -0.2) is 35.2 Å². The van der Waals surface area contributed by atoms with E-state index >= 15 is 0 Å². The Morgan fingerprint density at radius 3 is 2.95 bits per heavy atom. The molecular weight excluding hydrogens is 255 g/mol. The number of rotatable bonds is 2. The first kappa shape index (κ1) is 15.0. The Hall–Kier alpha value is -1.41. The van der Waals surface area contributed by atoms with E-state index in [-0.39, 0.29) is 12.4 Å². The summed E-state index contributed by atoms with van der Waals surface area (Å²) in [5, 5.41) is 10.1. The number of nitrogens with two attached hydrogens (primary N) is 1. The van der Waals surface area contributed by atoms with Crippen LogP contribution in [0.1, 0.15) is 30.9 Å². The number of benzene rings is 1. The number of hydrogen-bond donors (Lipinski definition) is 2. The molecule has 0 saturated carbocycles. The van der Waals surface area contributed by atoms with Gasteiger partial charge in [0.1, 0.15) is 5.82 Å². The van der Waals surface area contributed by atoms with Gasteiger partial charge in [0.25, 0.3) is 0 Å². The van der Waals surface area contributed by atoms with Crippen LogP contribution in [0.3, 0.4) is 0 Å². The summed E-state index contributed by atoms with van der Waals surface area (Å²) in [5.41, 5.74) is 6.21. The number of hydrogen-bond acceptors (Lipinski definition) is 3. The van der Waals surface area contributed by atoms with Gasteiger partial charge in [-0.05, 0) is 50.1 Å². The largest absolute Gasteiger partial charge is 0.389 e. The summed E-state index contributed by atoms with van der Waals surface area (Å²) >= 11 is 0. The molecule has 1 atom stereocenters. The topological polar surface area (TPSA) is 49.5 Å². The number of piperidine rings is 1. The predicted molar refractivity (Wildman–Crippen MR) is 77.5 cm³/mol. The molecule has 1 aliphatic heterocycles. The van der Waals surface area contributed by atoms with E-state index in [4.69, 9.17) is 5.73 Å². The van der Waals surface area contributed by atoms with Crippen LogP contribution in [0.15, 0.2) is 18.2 Å². The molecule has 0 bridgehead atoms. The summed E-state index contributed by atoms with van der Waals surface area (Å²) in [4.78, 5) is 2.15. The molecule has 3 N–H and O–H groups in total. The first-order valence-electron chi connectivity index (χ1n) is 6.92. The molecular formula is C16H21FN2O. The molecule has 1 fully saturated rings. The molecule has 0 aromatic heterocycles. The molecule has 0 amide bonds. The second-order valence-electron chi connectivity index (χ2n) is 5.67. The van der Waals surface area contributed by atoms with Crippen molar-refractivity contribution in [3.05, 3.63) is 35.1 Å². The normalized spacial score (nSPS) is 23.2. The Kier molecular flexibility index (Phi) is 4.77. The number of nitrogens with zero attached hydrogens (tertiary/aromatic N) is 1. The summed E-state index contributed by atoms with van der Waals surface area (Å²) in [5.74, 6) is 5.30. The molecule has 1 unspecified atom stereocenters. The Labute approximate surface area is 119 Å². The van der Waals surface area contributed by atoms with Crippen LogP contribution in [0.5, 0.6) is 0 Å². The van der Waals surface area contributed by atoms with Crippen molar-refractivity contribution in [2.24, 2.45) is 5.73 Å². The van der Waals surface area contributed by atoms with Gasteiger partial charge in [0.2, 0.25) is 0 Å². The summed E-state index contributed by atoms with van der Waals surface area (Å²) in [6, 6.07) is 4.82. The van der Waals surface area contributed by atoms with Gasteiger partial charge < -0.3 is 10.8 Å². The van der Waals surface area contributed by atoms with Crippen LogP contribution < -0.4 is 5.73 Å². The fourth-order valence-electron chi connectivity index (χ4n) is 2.68. The van der Waals surface area contributed by atoms with Gasteiger partial charge in [-0.15, -0.1) is 0 Å². The van der Waals surface area contributed by atoms with Crippen LogP contribution in [-0.2, 0) is 6.54 Å². The van der Waals surface area contributed by atoms with Crippen LogP contribution >= 0.6 is 0 Å². The van der Waals surface area contributed by atoms with Crippen molar-refractivity contribution in [1.82, 2.24) is 4.90 Å². The van der Waals surface area contributed by atoms with E-state index in [1.165, 1.54) is 12.1 Å². The first-order valence-corrected chi connectivity index (χ1v) is 6.92. The average Bonchev–Trinajstić information content (AvgIpc) is 2.34. The number of β-amino-alcohol motifs (C(OH)–C–C–N with tert-alkyl or cyclic N) is 1. The van der Waals surface area contributed by atoms with Gasteiger partial charge >= 0.3 is 0 Å². The maximum absolute atomic E-state index is 13.6. The van der Waals surface area contributed by atoms with Gasteiger partial charge in [-0.2, -0.15) is 0 Å². The highest BCUT2D eigenvalue weighted by molar-refractivity contribution is 5.38. The molecule has 3 nitrogen and oxygen atoms in total. The Morgan fingerprint density at radius 1 is 1.45 bits per heavy atom. The van der Waals surface area contributed by atoms with Crippen molar-refractivity contribution in [2.45, 2.75) is 31.9 Å². The van der Waals surface area contributed by atoms with Gasteiger partial charge in [-0.3, -0.25) is 4.90 Å². The Balaban J connectivity index is 2.11. The predicted octanol–water partition coefficient (Wildman–Crippen LogP) is 1.48. The molecule has 1 aromatic carbocycles. The van der Waals surface area contributed by atoms with E-state index in [0.717, 1.165) is 24.9 Å². The maximum atomic E-state index is 13.6. The lowest BCUT2D eigenvalue weighted by atomic mass is 9.95. The third-order valence-electron chi connectivity index (χ3n) is 3.45. The molecule has 0 radical (unpaired) electrons. The average molecular weight is 276 g/mol. The second kappa shape index (κ2) is 6.36. The van der Waals surface area contributed by atoms with E-state index in [1.54, 1.807) is 0 Å². The monoisotopic (exact) mass is 276 g/mol. The molecule has 1 aromatic rings. The van der Waals surface area contributed by atoms with Crippen molar-refractivity contribution in [2.75, 3.05) is 19.6 Å². The molecule has 108 valence electrons. The van der Waals surface area contributed by atoms with Gasteiger partial charge in [-0.25, -0.2) is 4.39 Å². The van der Waals surface area contributed by atoms with Gasteiger partial charge in [0.05, 0.1) is 12.1 Å². The molecule has 0 spiro atoms. The molecule has 4 heteroatoms. The molecule has 1 saturated heterocycles. The number of aliphatic hydroxyl groups is 1. The maximum Gasteiger partial charge on any atom is 0.124 e. The summed E-state index contributed by atoms with van der Waals surface area (Å²) in [6.45, 7) is 4.29. The molecule has 1 heterocycles. The summed E-state index contributed by atoms with van der Waals surface area (Å²) in [7, 11) is 0. The van der Waals surface area contributed by atoms with E-state index < -0.39 is 5.60 Å². The molecule has 0 aliphatic carbocycles. The van der Waals surface area contributed by atoms with Crippen LogP contribution in [0.25, 0.3) is 0 Å². The first-order chi connectivity index (χ1) is 9.48. The van der Waals surface area contributed by atoms with Crippen LogP contribution in [0.4, 0.5) is 4.39 Å². The highest BCUT2D eigenvalue weighted by Crippen LogP contribution is 2.22. The van der Waals surface area contributed by atoms with E-state index in [0.29, 0.717) is 18.7 Å².